The molecule has 0 fully saturated rings. The van der Waals surface area contributed by atoms with Gasteiger partial charge in [0.05, 0.1) is 15.8 Å². The largest absolute Gasteiger partial charge is 0.501 e. The third-order valence-corrected chi connectivity index (χ3v) is 3.05. The van der Waals surface area contributed by atoms with E-state index in [0.717, 1.165) is 6.07 Å². The molecule has 0 aliphatic heterocycles. The monoisotopic (exact) mass is 303 g/mol. The van der Waals surface area contributed by atoms with Crippen LogP contribution in [0.25, 0.3) is 10.9 Å². The van der Waals surface area contributed by atoms with E-state index in [1.54, 1.807) is 0 Å². The first kappa shape index (κ1) is 13.2. The van der Waals surface area contributed by atoms with Crippen LogP contribution in [0.5, 0.6) is 5.75 Å². The number of aromatic amines is 1. The molecule has 0 radical (unpaired) electrons. The van der Waals surface area contributed by atoms with Gasteiger partial charge < -0.3 is 10.1 Å². The second-order valence-electron chi connectivity index (χ2n) is 3.44. The van der Waals surface area contributed by atoms with Crippen LogP contribution in [0.1, 0.15) is 0 Å². The zero-order chi connectivity index (χ0) is 14.3. The fourth-order valence-corrected chi connectivity index (χ4v) is 2.29. The number of fused-ring (bicyclic) bond motifs is 1. The van der Waals surface area contributed by atoms with Crippen molar-refractivity contribution in [2.75, 3.05) is 0 Å². The summed E-state index contributed by atoms with van der Waals surface area (Å²) in [4.78, 5) is 34.2. The van der Waals surface area contributed by atoms with Gasteiger partial charge in [-0.2, -0.15) is 0 Å². The maximum Gasteiger partial charge on any atom is 0.307 e. The van der Waals surface area contributed by atoms with Crippen LogP contribution in [0.2, 0.25) is 10.0 Å². The van der Waals surface area contributed by atoms with E-state index in [1.807, 2.05) is 0 Å². The lowest BCUT2D eigenvalue weighted by atomic mass is 10.1. The molecule has 0 atom stereocenters. The van der Waals surface area contributed by atoms with Gasteiger partial charge in [-0.25, -0.2) is 0 Å². The maximum absolute atomic E-state index is 11.3. The Kier molecular flexibility index (Phi) is 3.13. The van der Waals surface area contributed by atoms with Gasteiger partial charge in [0.15, 0.2) is 5.69 Å². The number of hydrogen-bond donors (Lipinski definition) is 2. The maximum atomic E-state index is 11.3. The molecule has 0 aliphatic rings. The number of aromatic hydroxyl groups is 1. The number of H-pyrrole nitrogens is 1. The highest BCUT2D eigenvalue weighted by atomic mass is 35.5. The fourth-order valence-electron chi connectivity index (χ4n) is 1.60. The third-order valence-electron chi connectivity index (χ3n) is 2.39. The van der Waals surface area contributed by atoms with Gasteiger partial charge in [0, 0.05) is 0 Å². The highest BCUT2D eigenvalue weighted by Gasteiger charge is 2.25. The second-order valence-corrected chi connectivity index (χ2v) is 4.23. The number of nitrogens with one attached hydrogen (secondary N) is 1. The van der Waals surface area contributed by atoms with Gasteiger partial charge in [0.25, 0.3) is 5.56 Å². The summed E-state index contributed by atoms with van der Waals surface area (Å²) in [7, 11) is 0. The van der Waals surface area contributed by atoms with Crippen molar-refractivity contribution < 1.29 is 10.0 Å². The smallest absolute Gasteiger partial charge is 0.307 e. The number of aromatic nitrogens is 1. The molecular weight excluding hydrogens is 301 g/mol. The quantitative estimate of drug-likeness (QED) is 0.501. The molecule has 2 N–H and O–H groups in total. The highest BCUT2D eigenvalue weighted by molar-refractivity contribution is 6.42. The van der Waals surface area contributed by atoms with Crippen molar-refractivity contribution in [2.45, 2.75) is 0 Å². The molecule has 0 bridgehead atoms. The molecule has 2 rings (SSSR count). The third kappa shape index (κ3) is 1.90. The number of pyridine rings is 1. The van der Waals surface area contributed by atoms with Crippen LogP contribution in [-0.2, 0) is 0 Å². The minimum Gasteiger partial charge on any atom is -0.501 e. The van der Waals surface area contributed by atoms with E-state index in [4.69, 9.17) is 23.2 Å². The zero-order valence-corrected chi connectivity index (χ0v) is 10.3. The number of benzene rings is 1. The summed E-state index contributed by atoms with van der Waals surface area (Å²) >= 11 is 11.5. The Morgan fingerprint density at radius 2 is 2.05 bits per heavy atom. The zero-order valence-electron chi connectivity index (χ0n) is 8.81. The SMILES string of the molecule is O=Nc1c(O)c(=O)[nH]c2cc(Cl)c([N+](=O)[O-])c(Cl)c12. The van der Waals surface area contributed by atoms with Crippen molar-refractivity contribution in [3.8, 4) is 5.75 Å². The van der Waals surface area contributed by atoms with Crippen LogP contribution in [0, 0.1) is 15.0 Å². The van der Waals surface area contributed by atoms with Crippen LogP contribution in [0.15, 0.2) is 16.0 Å². The molecule has 0 saturated carbocycles. The van der Waals surface area contributed by atoms with Crippen LogP contribution in [0.4, 0.5) is 11.4 Å². The van der Waals surface area contributed by atoms with Crippen molar-refractivity contribution in [3.63, 3.8) is 0 Å². The molecule has 0 saturated heterocycles. The van der Waals surface area contributed by atoms with Crippen molar-refractivity contribution in [1.29, 1.82) is 0 Å². The van der Waals surface area contributed by atoms with E-state index >= 15 is 0 Å². The van der Waals surface area contributed by atoms with Crippen molar-refractivity contribution in [2.24, 2.45) is 5.18 Å². The summed E-state index contributed by atoms with van der Waals surface area (Å²) < 4.78 is 0. The number of nitro benzene ring substituents is 1. The molecule has 1 heterocycles. The lowest BCUT2D eigenvalue weighted by molar-refractivity contribution is -0.384. The van der Waals surface area contributed by atoms with Crippen LogP contribution in [0.3, 0.4) is 0 Å². The minimum absolute atomic E-state index is 0.0435. The molecule has 0 spiro atoms. The van der Waals surface area contributed by atoms with Gasteiger partial charge in [-0.15, -0.1) is 4.91 Å². The van der Waals surface area contributed by atoms with Crippen molar-refractivity contribution in [3.05, 3.63) is 41.5 Å². The van der Waals surface area contributed by atoms with E-state index < -0.39 is 32.6 Å². The standard InChI is InChI=1S/C9H3Cl2N3O5/c10-2-1-3-4(5(11)7(2)14(18)19)6(13-17)8(15)9(16)12-3/h1,15H,(H,12,16). The number of nitro groups is 1. The van der Waals surface area contributed by atoms with Crippen LogP contribution in [-0.4, -0.2) is 15.0 Å². The van der Waals surface area contributed by atoms with Gasteiger partial charge in [-0.3, -0.25) is 14.9 Å². The Bertz CT molecular complexity index is 786. The van der Waals surface area contributed by atoms with Crippen molar-refractivity contribution in [1.82, 2.24) is 4.98 Å². The molecule has 0 unspecified atom stereocenters. The lowest BCUT2D eigenvalue weighted by Gasteiger charge is -2.06. The molecule has 0 aliphatic carbocycles. The Labute approximate surface area is 113 Å². The number of rotatable bonds is 2. The molecule has 8 nitrogen and oxygen atoms in total. The second kappa shape index (κ2) is 4.48. The van der Waals surface area contributed by atoms with E-state index in [-0.39, 0.29) is 15.9 Å². The van der Waals surface area contributed by atoms with E-state index in [9.17, 15) is 24.9 Å². The molecule has 98 valence electrons. The number of hydrogen-bond acceptors (Lipinski definition) is 6. The van der Waals surface area contributed by atoms with Gasteiger partial charge >= 0.3 is 5.69 Å². The molecule has 19 heavy (non-hydrogen) atoms. The molecule has 2 aromatic rings. The average molecular weight is 304 g/mol. The number of nitrogens with zero attached hydrogens (tertiary/aromatic N) is 2. The van der Waals surface area contributed by atoms with Gasteiger partial charge in [-0.05, 0) is 11.2 Å². The topological polar surface area (TPSA) is 126 Å². The molecule has 1 aromatic carbocycles. The molecular formula is C9H3Cl2N3O5. The van der Waals surface area contributed by atoms with E-state index in [2.05, 4.69) is 10.2 Å². The average Bonchev–Trinajstić information content (AvgIpc) is 2.31. The predicted octanol–water partition coefficient (Wildman–Crippen LogP) is 2.85. The Morgan fingerprint density at radius 3 is 2.58 bits per heavy atom. The number of nitroso groups, excluding NO2 is 1. The summed E-state index contributed by atoms with van der Waals surface area (Å²) in [6, 6.07) is 1.05. The van der Waals surface area contributed by atoms with Crippen LogP contribution >= 0.6 is 23.2 Å². The first-order valence-corrected chi connectivity index (χ1v) is 5.38. The summed E-state index contributed by atoms with van der Waals surface area (Å²) in [5.41, 5.74) is -2.35. The Morgan fingerprint density at radius 1 is 1.42 bits per heavy atom. The Hall–Kier alpha value is -2.19. The van der Waals surface area contributed by atoms with Crippen LogP contribution < -0.4 is 5.56 Å². The summed E-state index contributed by atoms with van der Waals surface area (Å²) in [5, 5.41) is 21.7. The van der Waals surface area contributed by atoms with Gasteiger partial charge in [0.1, 0.15) is 10.0 Å². The lowest BCUT2D eigenvalue weighted by Crippen LogP contribution is -2.06. The molecule has 1 aromatic heterocycles. The Balaban J connectivity index is 3.12. The highest BCUT2D eigenvalue weighted by Crippen LogP contribution is 2.43. The first-order valence-electron chi connectivity index (χ1n) is 4.63. The summed E-state index contributed by atoms with van der Waals surface area (Å²) in [6.07, 6.45) is 0. The van der Waals surface area contributed by atoms with Gasteiger partial charge in [-0.1, -0.05) is 23.2 Å². The first-order chi connectivity index (χ1) is 8.88. The molecule has 10 heteroatoms. The summed E-state index contributed by atoms with van der Waals surface area (Å²) in [6.45, 7) is 0. The predicted molar refractivity (Wildman–Crippen MR) is 68.4 cm³/mol. The van der Waals surface area contributed by atoms with E-state index in [0.29, 0.717) is 0 Å². The number of halogens is 2. The van der Waals surface area contributed by atoms with Gasteiger partial charge in [0.2, 0.25) is 5.75 Å². The van der Waals surface area contributed by atoms with E-state index in [1.165, 1.54) is 0 Å². The fraction of sp³-hybridized carbons (Fsp3) is 0. The molecule has 0 amide bonds. The normalized spacial score (nSPS) is 10.6. The minimum atomic E-state index is -0.983. The van der Waals surface area contributed by atoms with Crippen molar-refractivity contribution >= 4 is 45.5 Å². The summed E-state index contributed by atoms with van der Waals surface area (Å²) in [5.74, 6) is -0.971.